The van der Waals surface area contributed by atoms with Crippen molar-refractivity contribution in [3.8, 4) is 0 Å². The van der Waals surface area contributed by atoms with Gasteiger partial charge >= 0.3 is 0 Å². The second kappa shape index (κ2) is 11.2. The van der Waals surface area contributed by atoms with Crippen LogP contribution < -0.4 is 15.5 Å². The van der Waals surface area contributed by atoms with Gasteiger partial charge in [0.1, 0.15) is 6.54 Å². The molecule has 8 heteroatoms. The highest BCUT2D eigenvalue weighted by molar-refractivity contribution is 7.13. The Morgan fingerprint density at radius 3 is 2.34 bits per heavy atom. The predicted molar refractivity (Wildman–Crippen MR) is 127 cm³/mol. The number of thiazole rings is 1. The second-order valence-electron chi connectivity index (χ2n) is 7.47. The molecule has 3 aromatic rings. The number of rotatable bonds is 9. The lowest BCUT2D eigenvalue weighted by Crippen LogP contribution is -2.41. The van der Waals surface area contributed by atoms with E-state index in [1.54, 1.807) is 11.6 Å². The SMILES string of the molecule is Cc1cc(C)cc(N(CC(=O)NCc2ccccc2)C(=O)CCC(=O)Nc2nccs2)c1. The van der Waals surface area contributed by atoms with E-state index in [-0.39, 0.29) is 37.1 Å². The van der Waals surface area contributed by atoms with Crippen LogP contribution in [0.25, 0.3) is 0 Å². The summed E-state index contributed by atoms with van der Waals surface area (Å²) in [6, 6.07) is 15.3. The highest BCUT2D eigenvalue weighted by atomic mass is 32.1. The number of amides is 3. The molecule has 166 valence electrons. The van der Waals surface area contributed by atoms with Gasteiger partial charge in [0.15, 0.2) is 5.13 Å². The van der Waals surface area contributed by atoms with Crippen LogP contribution in [0.1, 0.15) is 29.5 Å². The number of nitrogens with zero attached hydrogens (tertiary/aromatic N) is 2. The summed E-state index contributed by atoms with van der Waals surface area (Å²) in [7, 11) is 0. The Labute approximate surface area is 191 Å². The molecule has 1 heterocycles. The molecule has 0 bridgehead atoms. The van der Waals surface area contributed by atoms with E-state index in [1.165, 1.54) is 16.2 Å². The Morgan fingerprint density at radius 1 is 0.969 bits per heavy atom. The van der Waals surface area contributed by atoms with Gasteiger partial charge in [0.2, 0.25) is 17.7 Å². The summed E-state index contributed by atoms with van der Waals surface area (Å²) in [5.41, 5.74) is 3.60. The molecule has 0 unspecified atom stereocenters. The maximum atomic E-state index is 13.0. The van der Waals surface area contributed by atoms with Crippen LogP contribution in [0.5, 0.6) is 0 Å². The normalized spacial score (nSPS) is 10.4. The van der Waals surface area contributed by atoms with Crippen molar-refractivity contribution in [2.75, 3.05) is 16.8 Å². The third-order valence-electron chi connectivity index (χ3n) is 4.70. The van der Waals surface area contributed by atoms with Crippen molar-refractivity contribution in [3.63, 3.8) is 0 Å². The Bertz CT molecular complexity index is 1050. The standard InChI is InChI=1S/C24H26N4O3S/c1-17-12-18(2)14-20(13-17)28(16-22(30)26-15-19-6-4-3-5-7-19)23(31)9-8-21(29)27-24-25-10-11-32-24/h3-7,10-14H,8-9,15-16H2,1-2H3,(H,26,30)(H,25,27,29). The molecular formula is C24H26N4O3S. The summed E-state index contributed by atoms with van der Waals surface area (Å²) >= 11 is 1.31. The van der Waals surface area contributed by atoms with Crippen LogP contribution in [0.2, 0.25) is 0 Å². The zero-order chi connectivity index (χ0) is 22.9. The van der Waals surface area contributed by atoms with Crippen LogP contribution in [0, 0.1) is 13.8 Å². The molecular weight excluding hydrogens is 424 g/mol. The lowest BCUT2D eigenvalue weighted by Gasteiger charge is -2.23. The first kappa shape index (κ1) is 23.1. The first-order chi connectivity index (χ1) is 15.4. The lowest BCUT2D eigenvalue weighted by atomic mass is 10.1. The number of nitrogens with one attached hydrogen (secondary N) is 2. The van der Waals surface area contributed by atoms with E-state index < -0.39 is 0 Å². The highest BCUT2D eigenvalue weighted by Gasteiger charge is 2.21. The Morgan fingerprint density at radius 2 is 1.69 bits per heavy atom. The topological polar surface area (TPSA) is 91.4 Å². The van der Waals surface area contributed by atoms with Crippen molar-refractivity contribution in [1.82, 2.24) is 10.3 Å². The molecule has 0 aliphatic rings. The van der Waals surface area contributed by atoms with Crippen molar-refractivity contribution < 1.29 is 14.4 Å². The van der Waals surface area contributed by atoms with Gasteiger partial charge in [-0.1, -0.05) is 36.4 Å². The zero-order valence-electron chi connectivity index (χ0n) is 18.1. The lowest BCUT2D eigenvalue weighted by molar-refractivity contribution is -0.125. The number of benzene rings is 2. The molecule has 1 aromatic heterocycles. The maximum absolute atomic E-state index is 13.0. The largest absolute Gasteiger partial charge is 0.350 e. The van der Waals surface area contributed by atoms with Crippen molar-refractivity contribution in [2.45, 2.75) is 33.2 Å². The Kier molecular flexibility index (Phi) is 8.10. The van der Waals surface area contributed by atoms with E-state index in [0.717, 1.165) is 16.7 Å². The molecule has 7 nitrogen and oxygen atoms in total. The van der Waals surface area contributed by atoms with Crippen LogP contribution >= 0.6 is 11.3 Å². The minimum Gasteiger partial charge on any atom is -0.350 e. The summed E-state index contributed by atoms with van der Waals surface area (Å²) in [4.78, 5) is 43.3. The summed E-state index contributed by atoms with van der Waals surface area (Å²) in [5.74, 6) is -0.852. The van der Waals surface area contributed by atoms with E-state index in [4.69, 9.17) is 0 Å². The third kappa shape index (κ3) is 7.02. The van der Waals surface area contributed by atoms with Gasteiger partial charge in [0.05, 0.1) is 0 Å². The molecule has 2 N–H and O–H groups in total. The summed E-state index contributed by atoms with van der Waals surface area (Å²) in [6.07, 6.45) is 1.59. The number of hydrogen-bond donors (Lipinski definition) is 2. The molecule has 0 radical (unpaired) electrons. The fourth-order valence-corrected chi connectivity index (χ4v) is 3.79. The number of aryl methyl sites for hydroxylation is 2. The van der Waals surface area contributed by atoms with Crippen LogP contribution in [-0.4, -0.2) is 29.3 Å². The highest BCUT2D eigenvalue weighted by Crippen LogP contribution is 2.20. The first-order valence-corrected chi connectivity index (χ1v) is 11.2. The average molecular weight is 451 g/mol. The zero-order valence-corrected chi connectivity index (χ0v) is 18.9. The van der Waals surface area contributed by atoms with Gasteiger partial charge in [-0.25, -0.2) is 4.98 Å². The van der Waals surface area contributed by atoms with Crippen molar-refractivity contribution in [3.05, 3.63) is 76.8 Å². The van der Waals surface area contributed by atoms with E-state index in [1.807, 2.05) is 62.4 Å². The van der Waals surface area contributed by atoms with Gasteiger partial charge in [-0.2, -0.15) is 0 Å². The molecule has 0 atom stereocenters. The van der Waals surface area contributed by atoms with Gasteiger partial charge in [0, 0.05) is 36.7 Å². The minimum atomic E-state index is -0.292. The van der Waals surface area contributed by atoms with Gasteiger partial charge in [-0.05, 0) is 42.7 Å². The smallest absolute Gasteiger partial charge is 0.240 e. The molecule has 0 aliphatic heterocycles. The maximum Gasteiger partial charge on any atom is 0.240 e. The molecule has 32 heavy (non-hydrogen) atoms. The Hall–Kier alpha value is -3.52. The van der Waals surface area contributed by atoms with Crippen molar-refractivity contribution >= 4 is 39.9 Å². The van der Waals surface area contributed by atoms with Crippen LogP contribution in [0.4, 0.5) is 10.8 Å². The third-order valence-corrected chi connectivity index (χ3v) is 5.39. The number of carbonyl (C=O) groups excluding carboxylic acids is 3. The van der Waals surface area contributed by atoms with E-state index >= 15 is 0 Å². The van der Waals surface area contributed by atoms with Gasteiger partial charge < -0.3 is 15.5 Å². The fraction of sp³-hybridized carbons (Fsp3) is 0.250. The molecule has 3 rings (SSSR count). The number of hydrogen-bond acceptors (Lipinski definition) is 5. The molecule has 2 aromatic carbocycles. The Balaban J connectivity index is 1.66. The number of carbonyl (C=O) groups is 3. The summed E-state index contributed by atoms with van der Waals surface area (Å²) in [6.45, 7) is 4.14. The molecule has 3 amide bonds. The van der Waals surface area contributed by atoms with Gasteiger partial charge in [-0.15, -0.1) is 11.3 Å². The number of aromatic nitrogens is 1. The van der Waals surface area contributed by atoms with Crippen LogP contribution in [-0.2, 0) is 20.9 Å². The number of anilines is 2. The molecule has 0 aliphatic carbocycles. The molecule has 0 saturated carbocycles. The summed E-state index contributed by atoms with van der Waals surface area (Å²) in [5, 5.41) is 7.79. The molecule has 0 saturated heterocycles. The summed E-state index contributed by atoms with van der Waals surface area (Å²) < 4.78 is 0. The van der Waals surface area contributed by atoms with Crippen molar-refractivity contribution in [1.29, 1.82) is 0 Å². The first-order valence-electron chi connectivity index (χ1n) is 10.3. The fourth-order valence-electron chi connectivity index (χ4n) is 3.25. The van der Waals surface area contributed by atoms with Crippen LogP contribution in [0.15, 0.2) is 60.1 Å². The van der Waals surface area contributed by atoms with Gasteiger partial charge in [-0.3, -0.25) is 14.4 Å². The average Bonchev–Trinajstić information content (AvgIpc) is 3.27. The minimum absolute atomic E-state index is 0.00530. The molecule has 0 fully saturated rings. The van der Waals surface area contributed by atoms with E-state index in [9.17, 15) is 14.4 Å². The second-order valence-corrected chi connectivity index (χ2v) is 8.37. The van der Waals surface area contributed by atoms with E-state index in [0.29, 0.717) is 17.4 Å². The predicted octanol–water partition coefficient (Wildman–Crippen LogP) is 3.83. The van der Waals surface area contributed by atoms with Gasteiger partial charge in [0.25, 0.3) is 0 Å². The monoisotopic (exact) mass is 450 g/mol. The van der Waals surface area contributed by atoms with Crippen LogP contribution in [0.3, 0.4) is 0 Å². The quantitative estimate of drug-likeness (QED) is 0.518. The van der Waals surface area contributed by atoms with E-state index in [2.05, 4.69) is 15.6 Å². The molecule has 0 spiro atoms. The van der Waals surface area contributed by atoms with Crippen molar-refractivity contribution in [2.24, 2.45) is 0 Å².